The lowest BCUT2D eigenvalue weighted by Crippen LogP contribution is -2.42. The van der Waals surface area contributed by atoms with E-state index in [1.807, 2.05) is 0 Å². The Kier molecular flexibility index (Phi) is 4.31. The lowest BCUT2D eigenvalue weighted by atomic mass is 10.4. The zero-order chi connectivity index (χ0) is 8.10. The summed E-state index contributed by atoms with van der Waals surface area (Å²) in [6.45, 7) is 7.23. The van der Waals surface area contributed by atoms with Crippen LogP contribution in [0.1, 0.15) is 33.1 Å². The third-order valence-corrected chi connectivity index (χ3v) is 4.69. The molecular weight excluding hydrogens is 154 g/mol. The van der Waals surface area contributed by atoms with Crippen LogP contribution in [0.5, 0.6) is 0 Å². The van der Waals surface area contributed by atoms with Crippen molar-refractivity contribution in [3.63, 3.8) is 0 Å². The smallest absolute Gasteiger partial charge is 0.126 e. The van der Waals surface area contributed by atoms with Crippen LogP contribution in [0.15, 0.2) is 0 Å². The summed E-state index contributed by atoms with van der Waals surface area (Å²) < 4.78 is 2.70. The van der Waals surface area contributed by atoms with Gasteiger partial charge in [-0.3, -0.25) is 0 Å². The maximum atomic E-state index is 2.70. The van der Waals surface area contributed by atoms with Gasteiger partial charge in [-0.25, -0.2) is 0 Å². The summed E-state index contributed by atoms with van der Waals surface area (Å²) in [6, 6.07) is 0. The first-order chi connectivity index (χ1) is 5.38. The van der Waals surface area contributed by atoms with Crippen LogP contribution in [0, 0.1) is 0 Å². The van der Waals surface area contributed by atoms with E-state index in [4.69, 9.17) is 0 Å². The van der Waals surface area contributed by atoms with E-state index >= 15 is 0 Å². The molecule has 0 bridgehead atoms. The molecule has 0 aliphatic carbocycles. The molecule has 0 aromatic heterocycles. The molecule has 0 atom stereocenters. The molecule has 1 aliphatic heterocycles. The second-order valence-corrected chi connectivity index (χ2v) is 5.41. The van der Waals surface area contributed by atoms with Crippen LogP contribution in [-0.4, -0.2) is 28.9 Å². The highest BCUT2D eigenvalue weighted by Gasteiger charge is 2.34. The standard InChI is InChI=1S/C9H20NS/c1-3-6-10(7-4-2)11-8-5-9-11/h3-9H2,1-2H3/q+1. The van der Waals surface area contributed by atoms with E-state index in [9.17, 15) is 0 Å². The third kappa shape index (κ3) is 2.68. The number of rotatable bonds is 5. The van der Waals surface area contributed by atoms with Crippen LogP contribution in [-0.2, 0) is 11.1 Å². The van der Waals surface area contributed by atoms with E-state index in [0.29, 0.717) is 11.1 Å². The van der Waals surface area contributed by atoms with Gasteiger partial charge in [-0.15, -0.1) is 4.31 Å². The zero-order valence-electron chi connectivity index (χ0n) is 7.81. The second-order valence-electron chi connectivity index (χ2n) is 3.15. The summed E-state index contributed by atoms with van der Waals surface area (Å²) in [5, 5.41) is 0. The molecule has 0 aromatic carbocycles. The molecule has 0 spiro atoms. The van der Waals surface area contributed by atoms with Crippen LogP contribution in [0.4, 0.5) is 0 Å². The van der Waals surface area contributed by atoms with E-state index < -0.39 is 0 Å². The lowest BCUT2D eigenvalue weighted by molar-refractivity contribution is 0.452. The Balaban J connectivity index is 2.19. The second kappa shape index (κ2) is 5.04. The first kappa shape index (κ1) is 9.40. The highest BCUT2D eigenvalue weighted by Crippen LogP contribution is 2.18. The summed E-state index contributed by atoms with van der Waals surface area (Å²) in [5.74, 6) is 2.97. The van der Waals surface area contributed by atoms with E-state index in [0.717, 1.165) is 0 Å². The van der Waals surface area contributed by atoms with Gasteiger partial charge in [0.25, 0.3) is 0 Å². The molecule has 66 valence electrons. The summed E-state index contributed by atoms with van der Waals surface area (Å²) in [7, 11) is 0. The highest BCUT2D eigenvalue weighted by atomic mass is 32.2. The van der Waals surface area contributed by atoms with Crippen LogP contribution in [0.25, 0.3) is 0 Å². The topological polar surface area (TPSA) is 3.24 Å². The Morgan fingerprint density at radius 1 is 1.09 bits per heavy atom. The third-order valence-electron chi connectivity index (χ3n) is 2.07. The summed E-state index contributed by atoms with van der Waals surface area (Å²) in [6.07, 6.45) is 4.13. The monoisotopic (exact) mass is 174 g/mol. The Morgan fingerprint density at radius 3 is 1.91 bits per heavy atom. The first-order valence-corrected chi connectivity index (χ1v) is 6.33. The normalized spacial score (nSPS) is 18.8. The average Bonchev–Trinajstić information content (AvgIpc) is 1.85. The van der Waals surface area contributed by atoms with Gasteiger partial charge in [0, 0.05) is 19.5 Å². The highest BCUT2D eigenvalue weighted by molar-refractivity contribution is 7.95. The van der Waals surface area contributed by atoms with Crippen molar-refractivity contribution in [1.82, 2.24) is 4.31 Å². The quantitative estimate of drug-likeness (QED) is 0.577. The summed E-state index contributed by atoms with van der Waals surface area (Å²) >= 11 is 0.699. The molecule has 0 saturated carbocycles. The minimum Gasteiger partial charge on any atom is -0.126 e. The van der Waals surface area contributed by atoms with Gasteiger partial charge in [-0.1, -0.05) is 13.8 Å². The van der Waals surface area contributed by atoms with Crippen LogP contribution in [0.2, 0.25) is 0 Å². The lowest BCUT2D eigenvalue weighted by Gasteiger charge is -2.26. The molecule has 0 radical (unpaired) electrons. The van der Waals surface area contributed by atoms with Crippen molar-refractivity contribution in [2.75, 3.05) is 24.6 Å². The summed E-state index contributed by atoms with van der Waals surface area (Å²) in [4.78, 5) is 0. The molecule has 0 unspecified atom stereocenters. The molecule has 1 fully saturated rings. The Bertz CT molecular complexity index is 95.7. The SMILES string of the molecule is CCCN(CCC)[S+]1CCC1. The number of hydrogen-bond acceptors (Lipinski definition) is 1. The Hall–Kier alpha value is 0.310. The molecular formula is C9H20NS+. The number of nitrogens with zero attached hydrogens (tertiary/aromatic N) is 1. The van der Waals surface area contributed by atoms with Gasteiger partial charge in [-0.05, 0) is 12.8 Å². The van der Waals surface area contributed by atoms with Crippen molar-refractivity contribution in [2.45, 2.75) is 33.1 Å². The van der Waals surface area contributed by atoms with Crippen molar-refractivity contribution in [1.29, 1.82) is 0 Å². The molecule has 1 nitrogen and oxygen atoms in total. The van der Waals surface area contributed by atoms with Gasteiger partial charge in [0.05, 0.1) is 11.1 Å². The maximum Gasteiger partial charge on any atom is 0.132 e. The summed E-state index contributed by atoms with van der Waals surface area (Å²) in [5.41, 5.74) is 0. The Morgan fingerprint density at radius 2 is 1.64 bits per heavy atom. The molecule has 0 N–H and O–H groups in total. The molecule has 0 aromatic rings. The van der Waals surface area contributed by atoms with Gasteiger partial charge in [0.15, 0.2) is 0 Å². The molecule has 1 rings (SSSR count). The van der Waals surface area contributed by atoms with E-state index in [1.165, 1.54) is 43.9 Å². The van der Waals surface area contributed by atoms with Crippen molar-refractivity contribution in [3.8, 4) is 0 Å². The largest absolute Gasteiger partial charge is 0.132 e. The van der Waals surface area contributed by atoms with Gasteiger partial charge in [0.2, 0.25) is 0 Å². The molecule has 1 aliphatic rings. The average molecular weight is 174 g/mol. The van der Waals surface area contributed by atoms with Gasteiger partial charge < -0.3 is 0 Å². The fourth-order valence-corrected chi connectivity index (χ4v) is 3.35. The van der Waals surface area contributed by atoms with Gasteiger partial charge >= 0.3 is 0 Å². The van der Waals surface area contributed by atoms with Gasteiger partial charge in [-0.2, -0.15) is 0 Å². The van der Waals surface area contributed by atoms with Crippen molar-refractivity contribution < 1.29 is 0 Å². The predicted octanol–water partition coefficient (Wildman–Crippen LogP) is 2.05. The van der Waals surface area contributed by atoms with Gasteiger partial charge in [0.1, 0.15) is 11.5 Å². The van der Waals surface area contributed by atoms with Crippen LogP contribution < -0.4 is 0 Å². The zero-order valence-corrected chi connectivity index (χ0v) is 8.62. The van der Waals surface area contributed by atoms with Crippen molar-refractivity contribution in [2.24, 2.45) is 0 Å². The van der Waals surface area contributed by atoms with E-state index in [1.54, 1.807) is 0 Å². The molecule has 1 saturated heterocycles. The van der Waals surface area contributed by atoms with E-state index in [2.05, 4.69) is 18.2 Å². The predicted molar refractivity (Wildman–Crippen MR) is 53.9 cm³/mol. The minimum absolute atomic E-state index is 0.699. The van der Waals surface area contributed by atoms with Crippen molar-refractivity contribution >= 4 is 11.1 Å². The van der Waals surface area contributed by atoms with E-state index in [-0.39, 0.29) is 0 Å². The molecule has 1 heterocycles. The fourth-order valence-electron chi connectivity index (χ4n) is 1.40. The Labute approximate surface area is 73.6 Å². The molecule has 0 amide bonds. The fraction of sp³-hybridized carbons (Fsp3) is 1.00. The molecule has 2 heteroatoms. The minimum atomic E-state index is 0.699. The number of hydrogen-bond donors (Lipinski definition) is 0. The van der Waals surface area contributed by atoms with Crippen LogP contribution in [0.3, 0.4) is 0 Å². The van der Waals surface area contributed by atoms with Crippen molar-refractivity contribution in [3.05, 3.63) is 0 Å². The van der Waals surface area contributed by atoms with Crippen LogP contribution >= 0.6 is 0 Å². The first-order valence-electron chi connectivity index (χ1n) is 4.81. The maximum absolute atomic E-state index is 2.70. The molecule has 11 heavy (non-hydrogen) atoms.